The van der Waals surface area contributed by atoms with E-state index in [9.17, 15) is 9.59 Å². The van der Waals surface area contributed by atoms with Gasteiger partial charge in [0, 0.05) is 15.6 Å². The second kappa shape index (κ2) is 5.00. The van der Waals surface area contributed by atoms with Crippen molar-refractivity contribution in [2.75, 3.05) is 0 Å². The van der Waals surface area contributed by atoms with Gasteiger partial charge in [0.05, 0.1) is 11.0 Å². The molecule has 1 heterocycles. The number of fused-ring (bicyclic) bond motifs is 1. The van der Waals surface area contributed by atoms with E-state index in [0.29, 0.717) is 26.6 Å². The van der Waals surface area contributed by atoms with Crippen LogP contribution in [0.5, 0.6) is 0 Å². The first-order chi connectivity index (χ1) is 9.97. The molecule has 0 saturated carbocycles. The number of ketones is 1. The lowest BCUT2D eigenvalue weighted by Crippen LogP contribution is -2.05. The summed E-state index contributed by atoms with van der Waals surface area (Å²) in [6.07, 6.45) is 0. The molecular weight excluding hydrogens is 332 g/mol. The van der Waals surface area contributed by atoms with Gasteiger partial charge in [0.1, 0.15) is 0 Å². The van der Waals surface area contributed by atoms with Crippen molar-refractivity contribution in [2.45, 2.75) is 13.8 Å². The molecule has 3 rings (SSSR count). The Bertz CT molecular complexity index is 922. The Morgan fingerprint density at radius 2 is 1.71 bits per heavy atom. The molecule has 21 heavy (non-hydrogen) atoms. The highest BCUT2D eigenvalue weighted by Crippen LogP contribution is 2.26. The van der Waals surface area contributed by atoms with E-state index in [-0.39, 0.29) is 11.5 Å². The SMILES string of the molecule is Cc1cccc(C(=O)c2cc3[nH]c(=O)[nH]c3cc2Br)c1C. The van der Waals surface area contributed by atoms with Crippen LogP contribution in [0.3, 0.4) is 0 Å². The standard InChI is InChI=1S/C16H13BrN2O2/c1-8-4-3-5-10(9(8)2)15(20)11-6-13-14(7-12(11)17)19-16(21)18-13/h3-7H,1-2H3,(H2,18,19,21). The third-order valence-corrected chi connectivity index (χ3v) is 4.35. The Hall–Kier alpha value is -2.14. The van der Waals surface area contributed by atoms with Crippen LogP contribution in [-0.2, 0) is 0 Å². The molecule has 1 aromatic heterocycles. The van der Waals surface area contributed by atoms with Gasteiger partial charge in [-0.1, -0.05) is 18.2 Å². The van der Waals surface area contributed by atoms with Crippen LogP contribution in [0.2, 0.25) is 0 Å². The summed E-state index contributed by atoms with van der Waals surface area (Å²) >= 11 is 3.41. The summed E-state index contributed by atoms with van der Waals surface area (Å²) in [4.78, 5) is 29.4. The first kappa shape index (κ1) is 13.8. The van der Waals surface area contributed by atoms with Crippen LogP contribution < -0.4 is 5.69 Å². The fraction of sp³-hybridized carbons (Fsp3) is 0.125. The third-order valence-electron chi connectivity index (χ3n) is 3.70. The summed E-state index contributed by atoms with van der Waals surface area (Å²) in [5.74, 6) is -0.0629. The molecule has 4 nitrogen and oxygen atoms in total. The Kier molecular flexibility index (Phi) is 3.29. The second-order valence-electron chi connectivity index (χ2n) is 5.03. The van der Waals surface area contributed by atoms with E-state index in [0.717, 1.165) is 11.1 Å². The van der Waals surface area contributed by atoms with Gasteiger partial charge < -0.3 is 9.97 Å². The van der Waals surface area contributed by atoms with Gasteiger partial charge in [-0.25, -0.2) is 4.79 Å². The summed E-state index contributed by atoms with van der Waals surface area (Å²) in [5.41, 5.74) is 4.26. The number of carbonyl (C=O) groups is 1. The normalized spacial score (nSPS) is 11.0. The van der Waals surface area contributed by atoms with Gasteiger partial charge in [0.25, 0.3) is 0 Å². The Labute approximate surface area is 129 Å². The fourth-order valence-electron chi connectivity index (χ4n) is 2.37. The van der Waals surface area contributed by atoms with Crippen molar-refractivity contribution in [3.8, 4) is 0 Å². The lowest BCUT2D eigenvalue weighted by atomic mass is 9.96. The van der Waals surface area contributed by atoms with E-state index in [4.69, 9.17) is 0 Å². The molecule has 106 valence electrons. The Morgan fingerprint density at radius 1 is 1.05 bits per heavy atom. The number of rotatable bonds is 2. The van der Waals surface area contributed by atoms with Crippen molar-refractivity contribution in [3.63, 3.8) is 0 Å². The number of imidazole rings is 1. The molecule has 0 unspecified atom stereocenters. The number of halogens is 1. The van der Waals surface area contributed by atoms with Crippen LogP contribution in [0, 0.1) is 13.8 Å². The van der Waals surface area contributed by atoms with Gasteiger partial charge in [-0.3, -0.25) is 4.79 Å². The minimum absolute atomic E-state index is 0.0629. The van der Waals surface area contributed by atoms with E-state index < -0.39 is 0 Å². The minimum Gasteiger partial charge on any atom is -0.306 e. The zero-order valence-electron chi connectivity index (χ0n) is 11.6. The molecule has 0 spiro atoms. The molecule has 0 bridgehead atoms. The first-order valence-corrected chi connectivity index (χ1v) is 7.29. The largest absolute Gasteiger partial charge is 0.323 e. The van der Waals surface area contributed by atoms with Gasteiger partial charge in [-0.15, -0.1) is 0 Å². The molecule has 3 aromatic rings. The molecule has 0 amide bonds. The molecule has 0 aliphatic carbocycles. The van der Waals surface area contributed by atoms with Crippen LogP contribution in [0.1, 0.15) is 27.0 Å². The molecule has 5 heteroatoms. The number of hydrogen-bond acceptors (Lipinski definition) is 2. The summed E-state index contributed by atoms with van der Waals surface area (Å²) in [6, 6.07) is 9.11. The lowest BCUT2D eigenvalue weighted by molar-refractivity contribution is 0.103. The van der Waals surface area contributed by atoms with Gasteiger partial charge in [0.2, 0.25) is 0 Å². The zero-order valence-corrected chi connectivity index (χ0v) is 13.2. The average Bonchev–Trinajstić information content (AvgIpc) is 2.79. The van der Waals surface area contributed by atoms with Crippen LogP contribution >= 0.6 is 15.9 Å². The number of aromatic amines is 2. The van der Waals surface area contributed by atoms with Crippen molar-refractivity contribution in [3.05, 3.63) is 67.5 Å². The van der Waals surface area contributed by atoms with Crippen molar-refractivity contribution < 1.29 is 4.79 Å². The number of benzene rings is 2. The molecule has 0 aliphatic rings. The van der Waals surface area contributed by atoms with E-state index in [2.05, 4.69) is 25.9 Å². The van der Waals surface area contributed by atoms with Crippen LogP contribution in [-0.4, -0.2) is 15.8 Å². The summed E-state index contributed by atoms with van der Waals surface area (Å²) in [7, 11) is 0. The van der Waals surface area contributed by atoms with Crippen LogP contribution in [0.15, 0.2) is 39.6 Å². The predicted molar refractivity (Wildman–Crippen MR) is 86.0 cm³/mol. The molecular formula is C16H13BrN2O2. The van der Waals surface area contributed by atoms with E-state index in [1.54, 1.807) is 12.1 Å². The molecule has 0 radical (unpaired) electrons. The maximum atomic E-state index is 12.8. The minimum atomic E-state index is -0.284. The van der Waals surface area contributed by atoms with Gasteiger partial charge >= 0.3 is 5.69 Å². The molecule has 2 N–H and O–H groups in total. The fourth-order valence-corrected chi connectivity index (χ4v) is 2.90. The topological polar surface area (TPSA) is 65.7 Å². The van der Waals surface area contributed by atoms with Crippen LogP contribution in [0.4, 0.5) is 0 Å². The second-order valence-corrected chi connectivity index (χ2v) is 5.89. The third kappa shape index (κ3) is 2.34. The Balaban J connectivity index is 2.19. The van der Waals surface area contributed by atoms with E-state index >= 15 is 0 Å². The maximum Gasteiger partial charge on any atom is 0.323 e. The summed E-state index contributed by atoms with van der Waals surface area (Å²) < 4.78 is 0.663. The summed E-state index contributed by atoms with van der Waals surface area (Å²) in [5, 5.41) is 0. The van der Waals surface area contributed by atoms with E-state index in [1.165, 1.54) is 0 Å². The van der Waals surface area contributed by atoms with Crippen molar-refractivity contribution in [2.24, 2.45) is 0 Å². The molecule has 0 aliphatic heterocycles. The smallest absolute Gasteiger partial charge is 0.306 e. The molecule has 0 saturated heterocycles. The predicted octanol–water partition coefficient (Wildman–Crippen LogP) is 3.47. The zero-order chi connectivity index (χ0) is 15.1. The number of aromatic nitrogens is 2. The Morgan fingerprint density at radius 3 is 2.43 bits per heavy atom. The number of nitrogens with one attached hydrogen (secondary N) is 2. The van der Waals surface area contributed by atoms with Gasteiger partial charge in [-0.05, 0) is 53.0 Å². The highest BCUT2D eigenvalue weighted by atomic mass is 79.9. The monoisotopic (exact) mass is 344 g/mol. The lowest BCUT2D eigenvalue weighted by Gasteiger charge is -2.09. The highest BCUT2D eigenvalue weighted by Gasteiger charge is 2.17. The van der Waals surface area contributed by atoms with E-state index in [1.807, 2.05) is 32.0 Å². The molecule has 2 aromatic carbocycles. The summed E-state index contributed by atoms with van der Waals surface area (Å²) in [6.45, 7) is 3.92. The highest BCUT2D eigenvalue weighted by molar-refractivity contribution is 9.10. The van der Waals surface area contributed by atoms with Crippen molar-refractivity contribution in [1.29, 1.82) is 0 Å². The number of aryl methyl sites for hydroxylation is 1. The number of carbonyl (C=O) groups excluding carboxylic acids is 1. The van der Waals surface area contributed by atoms with Crippen molar-refractivity contribution in [1.82, 2.24) is 9.97 Å². The quantitative estimate of drug-likeness (QED) is 0.699. The van der Waals surface area contributed by atoms with Crippen LogP contribution in [0.25, 0.3) is 11.0 Å². The first-order valence-electron chi connectivity index (χ1n) is 6.50. The van der Waals surface area contributed by atoms with Gasteiger partial charge in [0.15, 0.2) is 5.78 Å². The number of hydrogen-bond donors (Lipinski definition) is 2. The number of H-pyrrole nitrogens is 2. The molecule has 0 fully saturated rings. The maximum absolute atomic E-state index is 12.8. The van der Waals surface area contributed by atoms with Gasteiger partial charge in [-0.2, -0.15) is 0 Å². The molecule has 0 atom stereocenters. The van der Waals surface area contributed by atoms with Crippen molar-refractivity contribution >= 4 is 32.7 Å². The average molecular weight is 345 g/mol.